The van der Waals surface area contributed by atoms with Crippen molar-refractivity contribution in [3.63, 3.8) is 0 Å². The Hall–Kier alpha value is -1.37. The van der Waals surface area contributed by atoms with Crippen LogP contribution in [0.15, 0.2) is 4.99 Å². The second-order valence-corrected chi connectivity index (χ2v) is 8.55. The number of hydrazine groups is 1. The number of piperazine rings is 1. The lowest BCUT2D eigenvalue weighted by Crippen LogP contribution is -2.67. The van der Waals surface area contributed by atoms with Gasteiger partial charge in [0.05, 0.1) is 31.5 Å². The van der Waals surface area contributed by atoms with Gasteiger partial charge in [-0.3, -0.25) is 25.0 Å². The predicted octanol–water partition coefficient (Wildman–Crippen LogP) is -2.90. The lowest BCUT2D eigenvalue weighted by molar-refractivity contribution is -0.125. The Morgan fingerprint density at radius 2 is 2.07 bits per heavy atom. The number of hydrogen-bond acceptors (Lipinski definition) is 9. The molecule has 4 heterocycles. The van der Waals surface area contributed by atoms with Gasteiger partial charge < -0.3 is 21.3 Å². The van der Waals surface area contributed by atoms with Crippen LogP contribution in [-0.4, -0.2) is 117 Å². The lowest BCUT2D eigenvalue weighted by Gasteiger charge is -2.46. The van der Waals surface area contributed by atoms with Gasteiger partial charge in [0.1, 0.15) is 17.9 Å². The SMILES string of the molecule is CNC1CC(N2CCN(C)CC2)C(NC(=O)C2C3=NCC(F)CN3NC2N)CN1. The summed E-state index contributed by atoms with van der Waals surface area (Å²) in [5.41, 5.74) is 9.16. The van der Waals surface area contributed by atoms with E-state index in [2.05, 4.69) is 43.2 Å². The summed E-state index contributed by atoms with van der Waals surface area (Å²) in [5, 5.41) is 11.6. The number of nitrogens with one attached hydrogen (secondary N) is 4. The highest BCUT2D eigenvalue weighted by Crippen LogP contribution is 2.22. The summed E-state index contributed by atoms with van der Waals surface area (Å²) < 4.78 is 13.7. The van der Waals surface area contributed by atoms with Crippen LogP contribution >= 0.6 is 0 Å². The lowest BCUT2D eigenvalue weighted by atomic mass is 9.94. The van der Waals surface area contributed by atoms with Crippen molar-refractivity contribution in [2.75, 3.05) is 59.9 Å². The van der Waals surface area contributed by atoms with Gasteiger partial charge in [0.2, 0.25) is 5.91 Å². The maximum Gasteiger partial charge on any atom is 0.234 e. The van der Waals surface area contributed by atoms with Crippen LogP contribution in [0.2, 0.25) is 0 Å². The van der Waals surface area contributed by atoms with E-state index in [1.165, 1.54) is 0 Å². The fourth-order valence-electron chi connectivity index (χ4n) is 4.80. The van der Waals surface area contributed by atoms with Crippen molar-refractivity contribution < 1.29 is 9.18 Å². The highest BCUT2D eigenvalue weighted by atomic mass is 19.1. The van der Waals surface area contributed by atoms with Crippen molar-refractivity contribution >= 4 is 11.7 Å². The number of nitrogens with two attached hydrogens (primary N) is 1. The number of likely N-dealkylation sites (N-methyl/N-ethyl adjacent to an activating group) is 1. The molecule has 0 saturated carbocycles. The van der Waals surface area contributed by atoms with Crippen LogP contribution in [0.5, 0.6) is 0 Å². The number of hydrogen-bond donors (Lipinski definition) is 5. The van der Waals surface area contributed by atoms with E-state index in [1.54, 1.807) is 5.01 Å². The van der Waals surface area contributed by atoms with Gasteiger partial charge in [-0.15, -0.1) is 0 Å². The van der Waals surface area contributed by atoms with E-state index in [1.807, 2.05) is 7.05 Å². The molecule has 4 rings (SSSR count). The number of piperidine rings is 1. The number of nitrogens with zero attached hydrogens (tertiary/aromatic N) is 4. The molecule has 3 saturated heterocycles. The maximum atomic E-state index is 13.7. The molecule has 164 valence electrons. The zero-order chi connectivity index (χ0) is 20.5. The summed E-state index contributed by atoms with van der Waals surface area (Å²) in [6.07, 6.45) is -0.495. The Bertz CT molecular complexity index is 626. The largest absolute Gasteiger partial charge is 0.350 e. The van der Waals surface area contributed by atoms with Gasteiger partial charge in [-0.05, 0) is 20.5 Å². The van der Waals surface area contributed by atoms with Gasteiger partial charge in [-0.1, -0.05) is 0 Å². The third-order valence-electron chi connectivity index (χ3n) is 6.54. The molecule has 4 aliphatic heterocycles. The van der Waals surface area contributed by atoms with E-state index >= 15 is 0 Å². The molecule has 6 atom stereocenters. The highest BCUT2D eigenvalue weighted by Gasteiger charge is 2.45. The quantitative estimate of drug-likeness (QED) is 0.335. The standard InChI is InChI=1S/C18H34FN9O/c1-21-14-7-13(27-5-3-26(2)4-6-27)12(9-22-14)24-18(29)15-16(20)25-28-10-11(19)8-23-17(15)28/h11-16,21-22,25H,3-10,20H2,1-2H3,(H,24,29). The van der Waals surface area contributed by atoms with Crippen molar-refractivity contribution in [1.82, 2.24) is 36.2 Å². The average Bonchev–Trinajstić information content (AvgIpc) is 3.03. The van der Waals surface area contributed by atoms with Gasteiger partial charge >= 0.3 is 0 Å². The van der Waals surface area contributed by atoms with Crippen LogP contribution in [0.4, 0.5) is 4.39 Å². The van der Waals surface area contributed by atoms with Gasteiger partial charge in [0.15, 0.2) is 0 Å². The molecule has 3 fully saturated rings. The monoisotopic (exact) mass is 411 g/mol. The molecule has 11 heteroatoms. The first-order valence-electron chi connectivity index (χ1n) is 10.6. The first-order chi connectivity index (χ1) is 14.0. The van der Waals surface area contributed by atoms with Crippen LogP contribution in [0, 0.1) is 5.92 Å². The minimum Gasteiger partial charge on any atom is -0.350 e. The third-order valence-corrected chi connectivity index (χ3v) is 6.54. The van der Waals surface area contributed by atoms with Crippen LogP contribution in [0.25, 0.3) is 0 Å². The Balaban J connectivity index is 1.45. The molecule has 0 spiro atoms. The Morgan fingerprint density at radius 3 is 2.79 bits per heavy atom. The topological polar surface area (TPSA) is 113 Å². The zero-order valence-electron chi connectivity index (χ0n) is 17.3. The number of fused-ring (bicyclic) bond motifs is 1. The number of carbonyl (C=O) groups is 1. The number of amidine groups is 1. The summed E-state index contributed by atoms with van der Waals surface area (Å²) in [5.74, 6) is -0.188. The molecule has 0 aromatic heterocycles. The zero-order valence-corrected chi connectivity index (χ0v) is 17.3. The molecule has 6 N–H and O–H groups in total. The Labute approximate surface area is 171 Å². The van der Waals surface area contributed by atoms with E-state index in [9.17, 15) is 9.18 Å². The van der Waals surface area contributed by atoms with E-state index in [4.69, 9.17) is 5.73 Å². The normalized spacial score (nSPS) is 39.2. The molecular formula is C18H34FN9O. The van der Waals surface area contributed by atoms with Crippen LogP contribution < -0.4 is 27.1 Å². The fraction of sp³-hybridized carbons (Fsp3) is 0.889. The fourth-order valence-corrected chi connectivity index (χ4v) is 4.80. The van der Waals surface area contributed by atoms with Crippen molar-refractivity contribution in [2.24, 2.45) is 16.6 Å². The smallest absolute Gasteiger partial charge is 0.234 e. The van der Waals surface area contributed by atoms with Gasteiger partial charge in [0.25, 0.3) is 0 Å². The van der Waals surface area contributed by atoms with Crippen molar-refractivity contribution in [1.29, 1.82) is 0 Å². The van der Waals surface area contributed by atoms with Gasteiger partial charge in [-0.25, -0.2) is 9.82 Å². The van der Waals surface area contributed by atoms with E-state index in [0.29, 0.717) is 12.4 Å². The molecule has 6 unspecified atom stereocenters. The molecule has 0 bridgehead atoms. The predicted molar refractivity (Wildman–Crippen MR) is 109 cm³/mol. The van der Waals surface area contributed by atoms with Gasteiger partial charge in [0, 0.05) is 38.8 Å². The number of aliphatic imine (C=N–C) groups is 1. The van der Waals surface area contributed by atoms with E-state index in [-0.39, 0.29) is 37.2 Å². The van der Waals surface area contributed by atoms with E-state index < -0.39 is 18.3 Å². The van der Waals surface area contributed by atoms with Crippen LogP contribution in [0.1, 0.15) is 6.42 Å². The molecule has 10 nitrogen and oxygen atoms in total. The molecule has 29 heavy (non-hydrogen) atoms. The molecule has 0 aromatic rings. The van der Waals surface area contributed by atoms with Gasteiger partial charge in [-0.2, -0.15) is 0 Å². The molecular weight excluding hydrogens is 377 g/mol. The van der Waals surface area contributed by atoms with E-state index in [0.717, 1.165) is 32.6 Å². The molecule has 0 aliphatic carbocycles. The van der Waals surface area contributed by atoms with Crippen molar-refractivity contribution in [2.45, 2.75) is 37.0 Å². The second kappa shape index (κ2) is 8.78. The number of alkyl halides is 1. The number of halogens is 1. The van der Waals surface area contributed by atoms with Crippen molar-refractivity contribution in [3.8, 4) is 0 Å². The highest BCUT2D eigenvalue weighted by molar-refractivity contribution is 6.05. The third kappa shape index (κ3) is 4.39. The average molecular weight is 412 g/mol. The molecule has 1 amide bonds. The minimum atomic E-state index is -1.04. The summed E-state index contributed by atoms with van der Waals surface area (Å²) in [7, 11) is 4.09. The first-order valence-corrected chi connectivity index (χ1v) is 10.6. The summed E-state index contributed by atoms with van der Waals surface area (Å²) >= 11 is 0. The first kappa shape index (κ1) is 20.9. The number of carbonyl (C=O) groups excluding carboxylic acids is 1. The second-order valence-electron chi connectivity index (χ2n) is 8.55. The Kier molecular flexibility index (Phi) is 6.32. The summed E-state index contributed by atoms with van der Waals surface area (Å²) in [4.78, 5) is 22.3. The minimum absolute atomic E-state index is 0.0186. The number of rotatable bonds is 4. The molecule has 0 radical (unpaired) electrons. The molecule has 4 aliphatic rings. The summed E-state index contributed by atoms with van der Waals surface area (Å²) in [6, 6.07) is 0.228. The maximum absolute atomic E-state index is 13.7. The summed E-state index contributed by atoms with van der Waals surface area (Å²) in [6.45, 7) is 4.99. The molecule has 0 aromatic carbocycles. The number of amides is 1. The Morgan fingerprint density at radius 1 is 1.31 bits per heavy atom. The van der Waals surface area contributed by atoms with Crippen LogP contribution in [-0.2, 0) is 4.79 Å². The van der Waals surface area contributed by atoms with Crippen LogP contribution in [0.3, 0.4) is 0 Å². The van der Waals surface area contributed by atoms with Crippen molar-refractivity contribution in [3.05, 3.63) is 0 Å².